The molecule has 8 heteroatoms. The summed E-state index contributed by atoms with van der Waals surface area (Å²) in [6, 6.07) is 18.6. The molecule has 1 unspecified atom stereocenters. The van der Waals surface area contributed by atoms with Crippen LogP contribution in [0.15, 0.2) is 79.1 Å². The number of fused-ring (bicyclic) bond motifs is 3. The Balaban J connectivity index is 0.000000314. The van der Waals surface area contributed by atoms with Crippen LogP contribution in [-0.2, 0) is 22.6 Å². The van der Waals surface area contributed by atoms with E-state index in [9.17, 15) is 14.4 Å². The van der Waals surface area contributed by atoms with Gasteiger partial charge < -0.3 is 19.3 Å². The van der Waals surface area contributed by atoms with Crippen molar-refractivity contribution in [3.63, 3.8) is 0 Å². The molecule has 5 rings (SSSR count). The average Bonchev–Trinajstić information content (AvgIpc) is 3.41. The van der Waals surface area contributed by atoms with Crippen LogP contribution in [0.2, 0.25) is 0 Å². The van der Waals surface area contributed by atoms with Gasteiger partial charge in [0.05, 0.1) is 5.52 Å². The van der Waals surface area contributed by atoms with E-state index in [1.54, 1.807) is 6.20 Å². The van der Waals surface area contributed by atoms with Crippen molar-refractivity contribution in [2.24, 2.45) is 5.92 Å². The summed E-state index contributed by atoms with van der Waals surface area (Å²) in [7, 11) is 0. The van der Waals surface area contributed by atoms with Gasteiger partial charge in [-0.15, -0.1) is 0 Å². The fourth-order valence-corrected chi connectivity index (χ4v) is 4.47. The van der Waals surface area contributed by atoms with E-state index in [4.69, 9.17) is 10.2 Å². The quantitative estimate of drug-likeness (QED) is 0.420. The molecule has 2 N–H and O–H groups in total. The zero-order valence-corrected chi connectivity index (χ0v) is 19.2. The number of imidazole rings is 1. The molecule has 0 amide bonds. The summed E-state index contributed by atoms with van der Waals surface area (Å²) in [4.78, 5) is 36.9. The SMILES string of the molecule is Cc1nccn1CC1CCc2c(c3ccccc3n2-c2ccccc2)C1=O.O=C(O)C=CC(=O)O. The number of benzene rings is 2. The van der Waals surface area contributed by atoms with E-state index in [1.807, 2.05) is 43.5 Å². The van der Waals surface area contributed by atoms with Crippen molar-refractivity contribution >= 4 is 28.6 Å². The Labute approximate surface area is 201 Å². The third-order valence-corrected chi connectivity index (χ3v) is 6.04. The van der Waals surface area contributed by atoms with Gasteiger partial charge in [-0.3, -0.25) is 4.79 Å². The molecule has 8 nitrogen and oxygen atoms in total. The van der Waals surface area contributed by atoms with Crippen molar-refractivity contribution in [2.75, 3.05) is 0 Å². The standard InChI is InChI=1S/C23H21N3O.C4H4O4/c1-16-24-13-14-25(16)15-17-11-12-21-22(23(17)27)19-9-5-6-10-20(19)26(21)18-7-3-2-4-8-18;5-3(6)1-2-4(7)8/h2-10,13-14,17H,11-12,15H2,1H3;1-2H,(H,5,6)(H,7,8). The van der Waals surface area contributed by atoms with Gasteiger partial charge in [0.1, 0.15) is 5.82 Å². The Morgan fingerprint density at radius 1 is 1.03 bits per heavy atom. The first-order valence-corrected chi connectivity index (χ1v) is 11.2. The van der Waals surface area contributed by atoms with Gasteiger partial charge >= 0.3 is 11.9 Å². The highest BCUT2D eigenvalue weighted by atomic mass is 16.4. The van der Waals surface area contributed by atoms with Gasteiger partial charge in [0.15, 0.2) is 5.78 Å². The molecule has 2 heterocycles. The van der Waals surface area contributed by atoms with Crippen LogP contribution in [0.3, 0.4) is 0 Å². The number of carbonyl (C=O) groups is 3. The number of hydrogen-bond acceptors (Lipinski definition) is 4. The number of aromatic nitrogens is 3. The second-order valence-electron chi connectivity index (χ2n) is 8.25. The Kier molecular flexibility index (Phi) is 6.91. The fourth-order valence-electron chi connectivity index (χ4n) is 4.47. The van der Waals surface area contributed by atoms with E-state index in [0.29, 0.717) is 18.7 Å². The number of carboxylic acid groups (broad SMARTS) is 2. The third kappa shape index (κ3) is 5.06. The minimum Gasteiger partial charge on any atom is -0.478 e. The summed E-state index contributed by atoms with van der Waals surface area (Å²) < 4.78 is 4.35. The Morgan fingerprint density at radius 3 is 2.31 bits per heavy atom. The minimum atomic E-state index is -1.26. The number of Topliss-reactive ketones (excluding diaryl/α,β-unsaturated/α-hetero) is 1. The molecule has 0 spiro atoms. The molecule has 2 aromatic carbocycles. The van der Waals surface area contributed by atoms with E-state index in [2.05, 4.69) is 38.4 Å². The molecule has 0 bridgehead atoms. The summed E-state index contributed by atoms with van der Waals surface area (Å²) in [5.74, 6) is -1.30. The Bertz CT molecular complexity index is 1400. The lowest BCUT2D eigenvalue weighted by atomic mass is 9.85. The van der Waals surface area contributed by atoms with E-state index < -0.39 is 11.9 Å². The van der Waals surface area contributed by atoms with Crippen molar-refractivity contribution in [1.82, 2.24) is 14.1 Å². The highest BCUT2D eigenvalue weighted by Crippen LogP contribution is 2.36. The molecular weight excluding hydrogens is 446 g/mol. The first kappa shape index (κ1) is 23.7. The van der Waals surface area contributed by atoms with Crippen molar-refractivity contribution in [1.29, 1.82) is 0 Å². The maximum atomic E-state index is 13.5. The zero-order chi connectivity index (χ0) is 24.9. The third-order valence-electron chi connectivity index (χ3n) is 6.04. The Morgan fingerprint density at radius 2 is 1.69 bits per heavy atom. The topological polar surface area (TPSA) is 114 Å². The number of aryl methyl sites for hydroxylation is 1. The molecule has 1 aliphatic rings. The van der Waals surface area contributed by atoms with Crippen molar-refractivity contribution < 1.29 is 24.6 Å². The molecule has 35 heavy (non-hydrogen) atoms. The second kappa shape index (κ2) is 10.2. The zero-order valence-electron chi connectivity index (χ0n) is 19.2. The normalized spacial score (nSPS) is 15.0. The first-order valence-electron chi connectivity index (χ1n) is 11.2. The van der Waals surface area contributed by atoms with Crippen LogP contribution >= 0.6 is 0 Å². The summed E-state index contributed by atoms with van der Waals surface area (Å²) >= 11 is 0. The molecule has 178 valence electrons. The summed E-state index contributed by atoms with van der Waals surface area (Å²) in [5, 5.41) is 16.7. The molecule has 0 saturated carbocycles. The van der Waals surface area contributed by atoms with E-state index in [-0.39, 0.29) is 11.7 Å². The minimum absolute atomic E-state index is 0.000398. The average molecular weight is 472 g/mol. The van der Waals surface area contributed by atoms with E-state index >= 15 is 0 Å². The van der Waals surface area contributed by atoms with Gasteiger partial charge in [-0.1, -0.05) is 36.4 Å². The number of hydrogen-bond donors (Lipinski definition) is 2. The number of rotatable bonds is 5. The van der Waals surface area contributed by atoms with E-state index in [0.717, 1.165) is 46.5 Å². The molecule has 1 atom stereocenters. The number of nitrogens with zero attached hydrogens (tertiary/aromatic N) is 3. The summed E-state index contributed by atoms with van der Waals surface area (Å²) in [5.41, 5.74) is 4.28. The van der Waals surface area contributed by atoms with Crippen molar-refractivity contribution in [2.45, 2.75) is 26.3 Å². The largest absolute Gasteiger partial charge is 0.478 e. The molecule has 0 aliphatic heterocycles. The van der Waals surface area contributed by atoms with Gasteiger partial charge in [0.2, 0.25) is 0 Å². The summed E-state index contributed by atoms with van der Waals surface area (Å²) in [6.07, 6.45) is 6.65. The predicted octanol–water partition coefficient (Wildman–Crippen LogP) is 4.29. The van der Waals surface area contributed by atoms with Crippen LogP contribution in [0.1, 0.15) is 28.3 Å². The lowest BCUT2D eigenvalue weighted by Gasteiger charge is -2.23. The van der Waals surface area contributed by atoms with Gasteiger partial charge in [-0.25, -0.2) is 14.6 Å². The van der Waals surface area contributed by atoms with Gasteiger partial charge in [-0.2, -0.15) is 0 Å². The summed E-state index contributed by atoms with van der Waals surface area (Å²) in [6.45, 7) is 2.69. The van der Waals surface area contributed by atoms with Gasteiger partial charge in [0.25, 0.3) is 0 Å². The molecule has 0 saturated heterocycles. The van der Waals surface area contributed by atoms with Gasteiger partial charge in [-0.05, 0) is 38.0 Å². The van der Waals surface area contributed by atoms with E-state index in [1.165, 1.54) is 0 Å². The molecule has 2 aromatic heterocycles. The molecule has 0 fully saturated rings. The predicted molar refractivity (Wildman–Crippen MR) is 131 cm³/mol. The number of carboxylic acids is 2. The lowest BCUT2D eigenvalue weighted by Crippen LogP contribution is -2.27. The maximum absolute atomic E-state index is 13.5. The number of carbonyl (C=O) groups excluding carboxylic acids is 1. The smallest absolute Gasteiger partial charge is 0.328 e. The van der Waals surface area contributed by atoms with Gasteiger partial charge in [0, 0.05) is 59.3 Å². The number of para-hydroxylation sites is 2. The van der Waals surface area contributed by atoms with Crippen LogP contribution in [0.4, 0.5) is 0 Å². The number of ketones is 1. The Hall–Kier alpha value is -4.46. The first-order chi connectivity index (χ1) is 16.9. The highest BCUT2D eigenvalue weighted by molar-refractivity contribution is 6.11. The maximum Gasteiger partial charge on any atom is 0.328 e. The van der Waals surface area contributed by atoms with Crippen LogP contribution < -0.4 is 0 Å². The second-order valence-corrected chi connectivity index (χ2v) is 8.25. The molecular formula is C27H25N3O5. The number of aliphatic carboxylic acids is 2. The van der Waals surface area contributed by atoms with Crippen LogP contribution in [0.5, 0.6) is 0 Å². The van der Waals surface area contributed by atoms with Crippen molar-refractivity contribution in [3.05, 3.63) is 96.2 Å². The van der Waals surface area contributed by atoms with Crippen LogP contribution in [0, 0.1) is 12.8 Å². The fraction of sp³-hybridized carbons (Fsp3) is 0.185. The van der Waals surface area contributed by atoms with Crippen LogP contribution in [-0.4, -0.2) is 42.1 Å². The molecule has 4 aromatic rings. The van der Waals surface area contributed by atoms with Crippen LogP contribution in [0.25, 0.3) is 16.6 Å². The molecule has 1 aliphatic carbocycles. The monoisotopic (exact) mass is 471 g/mol. The lowest BCUT2D eigenvalue weighted by molar-refractivity contribution is -0.134. The highest BCUT2D eigenvalue weighted by Gasteiger charge is 2.33. The molecule has 0 radical (unpaired) electrons. The van der Waals surface area contributed by atoms with Crippen molar-refractivity contribution in [3.8, 4) is 5.69 Å².